The van der Waals surface area contributed by atoms with Gasteiger partial charge < -0.3 is 15.4 Å². The molecule has 0 saturated heterocycles. The second kappa shape index (κ2) is 11.6. The molecule has 21 heavy (non-hydrogen) atoms. The number of aliphatic imine (C=N–C) groups is 1. The van der Waals surface area contributed by atoms with Crippen molar-refractivity contribution in [3.8, 4) is 5.88 Å². The van der Waals surface area contributed by atoms with Crippen molar-refractivity contribution in [2.24, 2.45) is 10.9 Å². The fraction of sp³-hybridized carbons (Fsp3) is 0.600. The van der Waals surface area contributed by atoms with Gasteiger partial charge in [-0.2, -0.15) is 0 Å². The molecule has 0 saturated carbocycles. The summed E-state index contributed by atoms with van der Waals surface area (Å²) >= 11 is 0. The van der Waals surface area contributed by atoms with Crippen molar-refractivity contribution >= 4 is 29.9 Å². The molecule has 0 aliphatic carbocycles. The van der Waals surface area contributed by atoms with Gasteiger partial charge in [-0.15, -0.1) is 24.0 Å². The van der Waals surface area contributed by atoms with Gasteiger partial charge in [-0.1, -0.05) is 19.9 Å². The number of nitrogens with one attached hydrogen (secondary N) is 2. The SMILES string of the molecule is CCNC(=NCc1ccc(OC)nc1)NCCC(C)C.I. The molecule has 0 spiro atoms. The highest BCUT2D eigenvalue weighted by Gasteiger charge is 1.99. The Morgan fingerprint density at radius 2 is 2.10 bits per heavy atom. The van der Waals surface area contributed by atoms with Crippen LogP contribution >= 0.6 is 24.0 Å². The highest BCUT2D eigenvalue weighted by atomic mass is 127. The molecule has 1 aromatic heterocycles. The number of guanidine groups is 1. The molecular weight excluding hydrogens is 379 g/mol. The summed E-state index contributed by atoms with van der Waals surface area (Å²) < 4.78 is 5.04. The number of methoxy groups -OCH3 is 1. The third-order valence-corrected chi connectivity index (χ3v) is 2.78. The Balaban J connectivity index is 0.00000400. The molecule has 0 aliphatic rings. The number of pyridine rings is 1. The highest BCUT2D eigenvalue weighted by Crippen LogP contribution is 2.07. The Morgan fingerprint density at radius 1 is 1.33 bits per heavy atom. The summed E-state index contributed by atoms with van der Waals surface area (Å²) in [5.74, 6) is 2.17. The van der Waals surface area contributed by atoms with Crippen molar-refractivity contribution < 1.29 is 4.74 Å². The molecule has 0 unspecified atom stereocenters. The van der Waals surface area contributed by atoms with E-state index in [2.05, 4.69) is 41.4 Å². The average Bonchev–Trinajstić information content (AvgIpc) is 2.45. The maximum absolute atomic E-state index is 5.04. The topological polar surface area (TPSA) is 58.5 Å². The summed E-state index contributed by atoms with van der Waals surface area (Å²) in [4.78, 5) is 8.72. The summed E-state index contributed by atoms with van der Waals surface area (Å²) in [5, 5.41) is 6.58. The van der Waals surface area contributed by atoms with Gasteiger partial charge in [-0.05, 0) is 24.8 Å². The first kappa shape index (κ1) is 19.9. The van der Waals surface area contributed by atoms with E-state index in [1.807, 2.05) is 12.1 Å². The standard InChI is InChI=1S/C15H26N4O.HI/c1-5-16-15(17-9-8-12(2)3)19-11-13-6-7-14(20-4)18-10-13;/h6-7,10,12H,5,8-9,11H2,1-4H3,(H2,16,17,19);1H. The minimum Gasteiger partial charge on any atom is -0.481 e. The summed E-state index contributed by atoms with van der Waals surface area (Å²) in [6.07, 6.45) is 2.93. The lowest BCUT2D eigenvalue weighted by Crippen LogP contribution is -2.38. The maximum atomic E-state index is 5.04. The monoisotopic (exact) mass is 406 g/mol. The van der Waals surface area contributed by atoms with Crippen LogP contribution in [0.1, 0.15) is 32.8 Å². The van der Waals surface area contributed by atoms with E-state index >= 15 is 0 Å². The third-order valence-electron chi connectivity index (χ3n) is 2.78. The van der Waals surface area contributed by atoms with E-state index in [-0.39, 0.29) is 24.0 Å². The van der Waals surface area contributed by atoms with Gasteiger partial charge in [-0.25, -0.2) is 9.98 Å². The number of rotatable bonds is 7. The minimum absolute atomic E-state index is 0. The molecule has 2 N–H and O–H groups in total. The molecule has 0 aliphatic heterocycles. The van der Waals surface area contributed by atoms with Gasteiger partial charge in [0.1, 0.15) is 0 Å². The van der Waals surface area contributed by atoms with Gasteiger partial charge in [0.15, 0.2) is 5.96 Å². The zero-order valence-corrected chi connectivity index (χ0v) is 15.7. The van der Waals surface area contributed by atoms with Gasteiger partial charge in [0, 0.05) is 25.4 Å². The molecule has 0 radical (unpaired) electrons. The van der Waals surface area contributed by atoms with Crippen LogP contribution < -0.4 is 15.4 Å². The Morgan fingerprint density at radius 3 is 2.62 bits per heavy atom. The molecule has 0 atom stereocenters. The van der Waals surface area contributed by atoms with E-state index in [0.717, 1.165) is 31.0 Å². The first-order chi connectivity index (χ1) is 9.65. The van der Waals surface area contributed by atoms with Gasteiger partial charge in [0.05, 0.1) is 13.7 Å². The van der Waals surface area contributed by atoms with E-state index in [1.165, 1.54) is 0 Å². The van der Waals surface area contributed by atoms with Crippen LogP contribution in [-0.4, -0.2) is 31.1 Å². The fourth-order valence-corrected chi connectivity index (χ4v) is 1.62. The van der Waals surface area contributed by atoms with Crippen molar-refractivity contribution in [3.63, 3.8) is 0 Å². The summed E-state index contributed by atoms with van der Waals surface area (Å²) in [6.45, 7) is 8.89. The van der Waals surface area contributed by atoms with Crippen LogP contribution in [-0.2, 0) is 6.54 Å². The van der Waals surface area contributed by atoms with Crippen molar-refractivity contribution in [1.82, 2.24) is 15.6 Å². The van der Waals surface area contributed by atoms with Crippen LogP contribution in [0.3, 0.4) is 0 Å². The van der Waals surface area contributed by atoms with Crippen LogP contribution in [0.2, 0.25) is 0 Å². The van der Waals surface area contributed by atoms with Crippen LogP contribution in [0.5, 0.6) is 5.88 Å². The van der Waals surface area contributed by atoms with Gasteiger partial charge >= 0.3 is 0 Å². The molecule has 5 nitrogen and oxygen atoms in total. The zero-order valence-electron chi connectivity index (χ0n) is 13.3. The predicted molar refractivity (Wildman–Crippen MR) is 98.5 cm³/mol. The third kappa shape index (κ3) is 8.75. The van der Waals surface area contributed by atoms with E-state index in [4.69, 9.17) is 4.74 Å². The van der Waals surface area contributed by atoms with Crippen molar-refractivity contribution in [2.45, 2.75) is 33.7 Å². The van der Waals surface area contributed by atoms with Crippen molar-refractivity contribution in [1.29, 1.82) is 0 Å². The molecule has 1 rings (SSSR count). The number of hydrogen-bond acceptors (Lipinski definition) is 3. The summed E-state index contributed by atoms with van der Waals surface area (Å²) in [6, 6.07) is 3.83. The lowest BCUT2D eigenvalue weighted by atomic mass is 10.1. The van der Waals surface area contributed by atoms with Crippen LogP contribution in [0.25, 0.3) is 0 Å². The van der Waals surface area contributed by atoms with E-state index < -0.39 is 0 Å². The van der Waals surface area contributed by atoms with Crippen LogP contribution in [0.4, 0.5) is 0 Å². The molecule has 1 heterocycles. The Hall–Kier alpha value is -1.05. The maximum Gasteiger partial charge on any atom is 0.212 e. The Bertz CT molecular complexity index is 407. The molecular formula is C15H27IN4O. The molecule has 0 aromatic carbocycles. The minimum atomic E-state index is 0. The zero-order chi connectivity index (χ0) is 14.8. The van der Waals surface area contributed by atoms with Gasteiger partial charge in [0.25, 0.3) is 0 Å². The Labute approximate surface area is 145 Å². The second-order valence-electron chi connectivity index (χ2n) is 5.01. The first-order valence-electron chi connectivity index (χ1n) is 7.16. The molecule has 0 amide bonds. The molecule has 1 aromatic rings. The number of hydrogen-bond donors (Lipinski definition) is 2. The quantitative estimate of drug-likeness (QED) is 0.416. The summed E-state index contributed by atoms with van der Waals surface area (Å²) in [7, 11) is 1.61. The molecule has 120 valence electrons. The largest absolute Gasteiger partial charge is 0.481 e. The number of halogens is 1. The van der Waals surface area contributed by atoms with E-state index in [9.17, 15) is 0 Å². The van der Waals surface area contributed by atoms with Gasteiger partial charge in [-0.3, -0.25) is 0 Å². The number of ether oxygens (including phenoxy) is 1. The number of nitrogens with zero attached hydrogens (tertiary/aromatic N) is 2. The van der Waals surface area contributed by atoms with Crippen LogP contribution in [0.15, 0.2) is 23.3 Å². The smallest absolute Gasteiger partial charge is 0.212 e. The number of aromatic nitrogens is 1. The lowest BCUT2D eigenvalue weighted by Gasteiger charge is -2.12. The molecule has 0 fully saturated rings. The fourth-order valence-electron chi connectivity index (χ4n) is 1.62. The normalized spacial score (nSPS) is 11.0. The Kier molecular flexibility index (Phi) is 11.0. The molecule has 6 heteroatoms. The summed E-state index contributed by atoms with van der Waals surface area (Å²) in [5.41, 5.74) is 1.06. The van der Waals surface area contributed by atoms with Crippen LogP contribution in [0, 0.1) is 5.92 Å². The van der Waals surface area contributed by atoms with Gasteiger partial charge in [0.2, 0.25) is 5.88 Å². The van der Waals surface area contributed by atoms with Crippen molar-refractivity contribution in [2.75, 3.05) is 20.2 Å². The highest BCUT2D eigenvalue weighted by molar-refractivity contribution is 14.0. The van der Waals surface area contributed by atoms with Crippen molar-refractivity contribution in [3.05, 3.63) is 23.9 Å². The average molecular weight is 406 g/mol. The second-order valence-corrected chi connectivity index (χ2v) is 5.01. The van der Waals surface area contributed by atoms with E-state index in [1.54, 1.807) is 13.3 Å². The van der Waals surface area contributed by atoms with E-state index in [0.29, 0.717) is 18.3 Å². The molecule has 0 bridgehead atoms. The lowest BCUT2D eigenvalue weighted by molar-refractivity contribution is 0.397. The predicted octanol–water partition coefficient (Wildman–Crippen LogP) is 2.81. The first-order valence-corrected chi connectivity index (χ1v) is 7.16.